The van der Waals surface area contributed by atoms with E-state index >= 15 is 0 Å². The second-order valence-electron chi connectivity index (χ2n) is 4.86. The van der Waals surface area contributed by atoms with Gasteiger partial charge in [0.25, 0.3) is 0 Å². The molecule has 1 saturated carbocycles. The van der Waals surface area contributed by atoms with Crippen molar-refractivity contribution in [3.8, 4) is 11.3 Å². The molecule has 0 saturated heterocycles. The number of carbonyl (C=O) groups is 1. The molecule has 1 aliphatic carbocycles. The minimum Gasteiger partial charge on any atom is -0.465 e. The fraction of sp³-hybridized carbons (Fsp3) is 0.333. The molecule has 2 aromatic heterocycles. The fourth-order valence-electron chi connectivity index (χ4n) is 2.48. The van der Waals surface area contributed by atoms with Crippen LogP contribution in [0.5, 0.6) is 0 Å². The highest BCUT2D eigenvalue weighted by Gasteiger charge is 2.30. The van der Waals surface area contributed by atoms with Crippen LogP contribution in [0.3, 0.4) is 0 Å². The number of methoxy groups -OCH3 is 1. The lowest BCUT2D eigenvalue weighted by Crippen LogP contribution is -2.04. The lowest BCUT2D eigenvalue weighted by molar-refractivity contribution is 0.0600. The smallest absolute Gasteiger partial charge is 0.339 e. The van der Waals surface area contributed by atoms with Crippen LogP contribution in [0.15, 0.2) is 30.6 Å². The first-order chi connectivity index (χ1) is 9.22. The monoisotopic (exact) mass is 256 g/mol. The van der Waals surface area contributed by atoms with Gasteiger partial charge < -0.3 is 9.30 Å². The summed E-state index contributed by atoms with van der Waals surface area (Å²) in [5.74, 6) is -0.276. The van der Waals surface area contributed by atoms with Crippen molar-refractivity contribution < 1.29 is 9.53 Å². The van der Waals surface area contributed by atoms with Crippen LogP contribution < -0.4 is 0 Å². The Balaban J connectivity index is 2.15. The van der Waals surface area contributed by atoms with Crippen LogP contribution in [-0.2, 0) is 4.74 Å². The second kappa shape index (κ2) is 4.53. The summed E-state index contributed by atoms with van der Waals surface area (Å²) in [4.78, 5) is 16.0. The van der Waals surface area contributed by atoms with Crippen LogP contribution in [0, 0.1) is 6.92 Å². The van der Waals surface area contributed by atoms with Crippen molar-refractivity contribution in [2.24, 2.45) is 0 Å². The van der Waals surface area contributed by atoms with Crippen molar-refractivity contribution in [3.63, 3.8) is 0 Å². The molecule has 19 heavy (non-hydrogen) atoms. The third-order valence-electron chi connectivity index (χ3n) is 3.57. The SMILES string of the molecule is COC(=O)c1cc(-c2cccnc2)n(C2CC2)c1C. The van der Waals surface area contributed by atoms with Gasteiger partial charge in [-0.15, -0.1) is 0 Å². The molecule has 0 unspecified atom stereocenters. The van der Waals surface area contributed by atoms with E-state index in [1.807, 2.05) is 31.3 Å². The molecule has 0 N–H and O–H groups in total. The normalized spacial score (nSPS) is 14.4. The Bertz CT molecular complexity index is 613. The number of carbonyl (C=O) groups excluding carboxylic acids is 1. The lowest BCUT2D eigenvalue weighted by atomic mass is 10.2. The van der Waals surface area contributed by atoms with E-state index in [1.54, 1.807) is 6.20 Å². The van der Waals surface area contributed by atoms with Gasteiger partial charge in [0.15, 0.2) is 0 Å². The summed E-state index contributed by atoms with van der Waals surface area (Å²) in [5.41, 5.74) is 3.71. The Labute approximate surface area is 112 Å². The topological polar surface area (TPSA) is 44.1 Å². The molecule has 2 heterocycles. The zero-order valence-corrected chi connectivity index (χ0v) is 11.1. The van der Waals surface area contributed by atoms with E-state index in [0.717, 1.165) is 17.0 Å². The van der Waals surface area contributed by atoms with Crippen molar-refractivity contribution in [2.75, 3.05) is 7.11 Å². The summed E-state index contributed by atoms with van der Waals surface area (Å²) in [6.45, 7) is 1.98. The van der Waals surface area contributed by atoms with Crippen LogP contribution >= 0.6 is 0 Å². The molecular weight excluding hydrogens is 240 g/mol. The predicted octanol–water partition coefficient (Wildman–Crippen LogP) is 2.98. The molecule has 4 nitrogen and oxygen atoms in total. The molecule has 0 bridgehead atoms. The van der Waals surface area contributed by atoms with Gasteiger partial charge >= 0.3 is 5.97 Å². The first kappa shape index (κ1) is 12.0. The Morgan fingerprint density at radius 2 is 2.26 bits per heavy atom. The molecule has 1 fully saturated rings. The van der Waals surface area contributed by atoms with Gasteiger partial charge in [-0.25, -0.2) is 4.79 Å². The van der Waals surface area contributed by atoms with Gasteiger partial charge in [-0.05, 0) is 38.0 Å². The van der Waals surface area contributed by atoms with Gasteiger partial charge in [0, 0.05) is 29.7 Å². The molecule has 2 aromatic rings. The van der Waals surface area contributed by atoms with E-state index in [0.29, 0.717) is 11.6 Å². The van der Waals surface area contributed by atoms with Crippen LogP contribution in [0.4, 0.5) is 0 Å². The molecular formula is C15H16N2O2. The summed E-state index contributed by atoms with van der Waals surface area (Å²) in [7, 11) is 1.42. The Kier molecular flexibility index (Phi) is 2.85. The first-order valence-corrected chi connectivity index (χ1v) is 6.43. The molecule has 0 radical (unpaired) electrons. The average Bonchev–Trinajstić information content (AvgIpc) is 3.22. The molecule has 3 rings (SSSR count). The zero-order valence-electron chi connectivity index (χ0n) is 11.1. The van der Waals surface area contributed by atoms with Gasteiger partial charge in [-0.2, -0.15) is 0 Å². The van der Waals surface area contributed by atoms with Crippen LogP contribution in [0.1, 0.15) is 34.9 Å². The Hall–Kier alpha value is -2.10. The van der Waals surface area contributed by atoms with E-state index in [-0.39, 0.29) is 5.97 Å². The standard InChI is InChI=1S/C15H16N2O2/c1-10-13(15(18)19-2)8-14(17(10)12-5-6-12)11-4-3-7-16-9-11/h3-4,7-9,12H,5-6H2,1-2H3. The van der Waals surface area contributed by atoms with Crippen molar-refractivity contribution in [1.82, 2.24) is 9.55 Å². The van der Waals surface area contributed by atoms with Crippen molar-refractivity contribution >= 4 is 5.97 Å². The van der Waals surface area contributed by atoms with Gasteiger partial charge in [0.1, 0.15) is 0 Å². The van der Waals surface area contributed by atoms with Gasteiger partial charge in [0.2, 0.25) is 0 Å². The third kappa shape index (κ3) is 2.03. The highest BCUT2D eigenvalue weighted by Crippen LogP contribution is 2.41. The number of pyridine rings is 1. The molecule has 98 valence electrons. The van der Waals surface area contributed by atoms with Gasteiger partial charge in [-0.3, -0.25) is 4.98 Å². The average molecular weight is 256 g/mol. The number of hydrogen-bond donors (Lipinski definition) is 0. The van der Waals surface area contributed by atoms with E-state index in [9.17, 15) is 4.79 Å². The fourth-order valence-corrected chi connectivity index (χ4v) is 2.48. The summed E-state index contributed by atoms with van der Waals surface area (Å²) in [6.07, 6.45) is 5.92. The van der Waals surface area contributed by atoms with E-state index in [1.165, 1.54) is 20.0 Å². The molecule has 0 amide bonds. The zero-order chi connectivity index (χ0) is 13.4. The number of aromatic nitrogens is 2. The highest BCUT2D eigenvalue weighted by atomic mass is 16.5. The number of ether oxygens (including phenoxy) is 1. The number of rotatable bonds is 3. The van der Waals surface area contributed by atoms with E-state index < -0.39 is 0 Å². The lowest BCUT2D eigenvalue weighted by Gasteiger charge is -2.10. The van der Waals surface area contributed by atoms with Crippen molar-refractivity contribution in [2.45, 2.75) is 25.8 Å². The third-order valence-corrected chi connectivity index (χ3v) is 3.57. The van der Waals surface area contributed by atoms with Gasteiger partial charge in [-0.1, -0.05) is 0 Å². The molecule has 0 atom stereocenters. The molecule has 0 spiro atoms. The maximum absolute atomic E-state index is 11.8. The van der Waals surface area contributed by atoms with Crippen molar-refractivity contribution in [3.05, 3.63) is 41.9 Å². The number of esters is 1. The van der Waals surface area contributed by atoms with Crippen LogP contribution in [-0.4, -0.2) is 22.6 Å². The molecule has 4 heteroatoms. The number of nitrogens with zero attached hydrogens (tertiary/aromatic N) is 2. The van der Waals surface area contributed by atoms with Crippen molar-refractivity contribution in [1.29, 1.82) is 0 Å². The molecule has 1 aliphatic rings. The minimum atomic E-state index is -0.276. The maximum Gasteiger partial charge on any atom is 0.339 e. The summed E-state index contributed by atoms with van der Waals surface area (Å²) >= 11 is 0. The summed E-state index contributed by atoms with van der Waals surface area (Å²) in [6, 6.07) is 6.35. The van der Waals surface area contributed by atoms with E-state index in [2.05, 4.69) is 9.55 Å². The first-order valence-electron chi connectivity index (χ1n) is 6.43. The Morgan fingerprint density at radius 3 is 2.84 bits per heavy atom. The second-order valence-corrected chi connectivity index (χ2v) is 4.86. The summed E-state index contributed by atoms with van der Waals surface area (Å²) < 4.78 is 7.09. The maximum atomic E-state index is 11.8. The molecule has 0 aliphatic heterocycles. The summed E-state index contributed by atoms with van der Waals surface area (Å²) in [5, 5.41) is 0. The highest BCUT2D eigenvalue weighted by molar-refractivity contribution is 5.92. The van der Waals surface area contributed by atoms with Crippen LogP contribution in [0.2, 0.25) is 0 Å². The molecule has 0 aromatic carbocycles. The minimum absolute atomic E-state index is 0.276. The quantitative estimate of drug-likeness (QED) is 0.793. The Morgan fingerprint density at radius 1 is 1.47 bits per heavy atom. The largest absolute Gasteiger partial charge is 0.465 e. The number of hydrogen-bond acceptors (Lipinski definition) is 3. The van der Waals surface area contributed by atoms with Crippen LogP contribution in [0.25, 0.3) is 11.3 Å². The predicted molar refractivity (Wildman–Crippen MR) is 72.0 cm³/mol. The van der Waals surface area contributed by atoms with Gasteiger partial charge in [0.05, 0.1) is 18.4 Å². The van der Waals surface area contributed by atoms with E-state index in [4.69, 9.17) is 4.74 Å².